The van der Waals surface area contributed by atoms with Gasteiger partial charge < -0.3 is 5.32 Å². The van der Waals surface area contributed by atoms with Crippen LogP contribution in [0, 0.1) is 0 Å². The van der Waals surface area contributed by atoms with E-state index in [2.05, 4.69) is 49.5 Å². The van der Waals surface area contributed by atoms with Crippen LogP contribution >= 0.6 is 0 Å². The van der Waals surface area contributed by atoms with Gasteiger partial charge in [0.25, 0.3) is 0 Å². The second kappa shape index (κ2) is 11.0. The minimum Gasteiger partial charge on any atom is -0.314 e. The summed E-state index contributed by atoms with van der Waals surface area (Å²) in [5, 5.41) is 3.65. The molecular formula is C18H31N. The molecular weight excluding hydrogens is 230 g/mol. The van der Waals surface area contributed by atoms with Gasteiger partial charge in [-0.1, -0.05) is 62.9 Å². The molecule has 1 unspecified atom stereocenters. The lowest BCUT2D eigenvalue weighted by Gasteiger charge is -2.13. The molecule has 0 heterocycles. The molecule has 0 aliphatic heterocycles. The maximum Gasteiger partial charge on any atom is 0.00388 e. The Morgan fingerprint density at radius 1 is 0.947 bits per heavy atom. The molecule has 1 nitrogen and oxygen atoms in total. The van der Waals surface area contributed by atoms with Gasteiger partial charge in [-0.3, -0.25) is 0 Å². The first kappa shape index (κ1) is 16.2. The molecule has 1 heteroatoms. The summed E-state index contributed by atoms with van der Waals surface area (Å²) in [6.45, 7) is 5.78. The summed E-state index contributed by atoms with van der Waals surface area (Å²) in [6.07, 6.45) is 10.6. The Morgan fingerprint density at radius 2 is 1.68 bits per heavy atom. The molecule has 0 saturated heterocycles. The van der Waals surface area contributed by atoms with Gasteiger partial charge >= 0.3 is 0 Å². The smallest absolute Gasteiger partial charge is 0.00388 e. The van der Waals surface area contributed by atoms with Crippen molar-refractivity contribution in [3.8, 4) is 0 Å². The van der Waals surface area contributed by atoms with Gasteiger partial charge in [-0.2, -0.15) is 0 Å². The summed E-state index contributed by atoms with van der Waals surface area (Å²) in [5.41, 5.74) is 1.47. The van der Waals surface area contributed by atoms with Crippen molar-refractivity contribution < 1.29 is 0 Å². The first-order chi connectivity index (χ1) is 9.33. The highest BCUT2D eigenvalue weighted by Gasteiger charge is 2.01. The first-order valence-corrected chi connectivity index (χ1v) is 8.10. The minimum atomic E-state index is 0.662. The van der Waals surface area contributed by atoms with Gasteiger partial charge in [0.1, 0.15) is 0 Å². The molecule has 0 amide bonds. The highest BCUT2D eigenvalue weighted by Crippen LogP contribution is 2.07. The summed E-state index contributed by atoms with van der Waals surface area (Å²) in [4.78, 5) is 0. The Kier molecular flexibility index (Phi) is 9.44. The molecule has 1 rings (SSSR count). The standard InChI is InChI=1S/C18H31N/c1-3-4-5-6-10-16-19-17(2)12-11-15-18-13-8-7-9-14-18/h7-9,13-14,17,19H,3-6,10-12,15-16H2,1-2H3. The molecule has 1 aromatic carbocycles. The zero-order valence-electron chi connectivity index (χ0n) is 12.8. The number of hydrogen-bond acceptors (Lipinski definition) is 1. The van der Waals surface area contributed by atoms with Crippen LogP contribution in [-0.4, -0.2) is 12.6 Å². The van der Waals surface area contributed by atoms with Crippen LogP contribution in [0.25, 0.3) is 0 Å². The highest BCUT2D eigenvalue weighted by atomic mass is 14.9. The summed E-state index contributed by atoms with van der Waals surface area (Å²) in [5.74, 6) is 0. The van der Waals surface area contributed by atoms with E-state index in [-0.39, 0.29) is 0 Å². The zero-order valence-corrected chi connectivity index (χ0v) is 12.8. The average Bonchev–Trinajstić information content (AvgIpc) is 2.44. The van der Waals surface area contributed by atoms with Crippen LogP contribution in [0.15, 0.2) is 30.3 Å². The van der Waals surface area contributed by atoms with Gasteiger partial charge in [0.15, 0.2) is 0 Å². The molecule has 0 fully saturated rings. The van der Waals surface area contributed by atoms with E-state index in [9.17, 15) is 0 Å². The predicted octanol–water partition coefficient (Wildman–Crippen LogP) is 4.96. The second-order valence-electron chi connectivity index (χ2n) is 5.65. The van der Waals surface area contributed by atoms with Crippen molar-refractivity contribution in [3.05, 3.63) is 35.9 Å². The third kappa shape index (κ3) is 8.83. The molecule has 108 valence electrons. The first-order valence-electron chi connectivity index (χ1n) is 8.10. The van der Waals surface area contributed by atoms with Crippen LogP contribution in [0.5, 0.6) is 0 Å². The number of benzene rings is 1. The van der Waals surface area contributed by atoms with Crippen molar-refractivity contribution in [3.63, 3.8) is 0 Å². The zero-order chi connectivity index (χ0) is 13.8. The number of rotatable bonds is 11. The Balaban J connectivity index is 1.94. The molecule has 0 saturated carbocycles. The summed E-state index contributed by atoms with van der Waals surface area (Å²) >= 11 is 0. The van der Waals surface area contributed by atoms with Crippen LogP contribution in [-0.2, 0) is 6.42 Å². The second-order valence-corrected chi connectivity index (χ2v) is 5.65. The van der Waals surface area contributed by atoms with E-state index in [0.717, 1.165) is 0 Å². The number of unbranched alkanes of at least 4 members (excludes halogenated alkanes) is 4. The Hall–Kier alpha value is -0.820. The third-order valence-electron chi connectivity index (χ3n) is 3.72. The number of nitrogens with one attached hydrogen (secondary N) is 1. The SMILES string of the molecule is CCCCCCCNC(C)CCCc1ccccc1. The van der Waals surface area contributed by atoms with Crippen molar-refractivity contribution >= 4 is 0 Å². The Bertz CT molecular complexity index is 294. The van der Waals surface area contributed by atoms with Crippen molar-refractivity contribution in [1.82, 2.24) is 5.32 Å². The molecule has 0 aromatic heterocycles. The molecule has 0 aliphatic rings. The lowest BCUT2D eigenvalue weighted by Crippen LogP contribution is -2.27. The molecule has 1 aromatic rings. The molecule has 1 atom stereocenters. The van der Waals surface area contributed by atoms with E-state index in [1.165, 1.54) is 63.5 Å². The van der Waals surface area contributed by atoms with Crippen molar-refractivity contribution in [2.75, 3.05) is 6.54 Å². The minimum absolute atomic E-state index is 0.662. The lowest BCUT2D eigenvalue weighted by atomic mass is 10.1. The summed E-state index contributed by atoms with van der Waals surface area (Å²) in [7, 11) is 0. The van der Waals surface area contributed by atoms with Gasteiger partial charge in [-0.05, 0) is 44.7 Å². The van der Waals surface area contributed by atoms with E-state index in [4.69, 9.17) is 0 Å². The van der Waals surface area contributed by atoms with Crippen LogP contribution < -0.4 is 5.32 Å². The fraction of sp³-hybridized carbons (Fsp3) is 0.667. The molecule has 1 N–H and O–H groups in total. The van der Waals surface area contributed by atoms with E-state index in [1.807, 2.05) is 0 Å². The van der Waals surface area contributed by atoms with E-state index < -0.39 is 0 Å². The normalized spacial score (nSPS) is 12.5. The predicted molar refractivity (Wildman–Crippen MR) is 85.6 cm³/mol. The molecule has 0 spiro atoms. The van der Waals surface area contributed by atoms with E-state index >= 15 is 0 Å². The monoisotopic (exact) mass is 261 g/mol. The van der Waals surface area contributed by atoms with Crippen LogP contribution in [0.2, 0.25) is 0 Å². The van der Waals surface area contributed by atoms with Gasteiger partial charge in [0.2, 0.25) is 0 Å². The van der Waals surface area contributed by atoms with Gasteiger partial charge in [-0.25, -0.2) is 0 Å². The summed E-state index contributed by atoms with van der Waals surface area (Å²) in [6, 6.07) is 11.5. The topological polar surface area (TPSA) is 12.0 Å². The van der Waals surface area contributed by atoms with Gasteiger partial charge in [-0.15, -0.1) is 0 Å². The molecule has 19 heavy (non-hydrogen) atoms. The molecule has 0 bridgehead atoms. The Labute approximate surface area is 119 Å². The maximum atomic E-state index is 3.65. The highest BCUT2D eigenvalue weighted by molar-refractivity contribution is 5.14. The Morgan fingerprint density at radius 3 is 2.42 bits per heavy atom. The van der Waals surface area contributed by atoms with Crippen molar-refractivity contribution in [2.24, 2.45) is 0 Å². The average molecular weight is 261 g/mol. The fourth-order valence-electron chi connectivity index (χ4n) is 2.44. The van der Waals surface area contributed by atoms with Crippen molar-refractivity contribution in [1.29, 1.82) is 0 Å². The van der Waals surface area contributed by atoms with Crippen LogP contribution in [0.3, 0.4) is 0 Å². The van der Waals surface area contributed by atoms with Crippen molar-refractivity contribution in [2.45, 2.75) is 71.3 Å². The third-order valence-corrected chi connectivity index (χ3v) is 3.72. The molecule has 0 aliphatic carbocycles. The number of hydrogen-bond donors (Lipinski definition) is 1. The van der Waals surface area contributed by atoms with Gasteiger partial charge in [0, 0.05) is 6.04 Å². The molecule has 0 radical (unpaired) electrons. The summed E-state index contributed by atoms with van der Waals surface area (Å²) < 4.78 is 0. The van der Waals surface area contributed by atoms with Crippen LogP contribution in [0.1, 0.15) is 64.4 Å². The maximum absolute atomic E-state index is 3.65. The van der Waals surface area contributed by atoms with Gasteiger partial charge in [0.05, 0.1) is 0 Å². The lowest BCUT2D eigenvalue weighted by molar-refractivity contribution is 0.481. The van der Waals surface area contributed by atoms with Crippen LogP contribution in [0.4, 0.5) is 0 Å². The fourth-order valence-corrected chi connectivity index (χ4v) is 2.44. The quantitative estimate of drug-likeness (QED) is 0.555. The van der Waals surface area contributed by atoms with E-state index in [1.54, 1.807) is 0 Å². The van der Waals surface area contributed by atoms with E-state index in [0.29, 0.717) is 6.04 Å². The number of aryl methyl sites for hydroxylation is 1. The largest absolute Gasteiger partial charge is 0.314 e.